The van der Waals surface area contributed by atoms with Gasteiger partial charge in [-0.3, -0.25) is 0 Å². The molecule has 0 aliphatic carbocycles. The molecule has 1 aromatic carbocycles. The molecule has 1 aliphatic rings. The van der Waals surface area contributed by atoms with Gasteiger partial charge in [-0.2, -0.15) is 0 Å². The maximum absolute atomic E-state index is 11.8. The highest BCUT2D eigenvalue weighted by atomic mass is 16.5. The summed E-state index contributed by atoms with van der Waals surface area (Å²) in [7, 11) is 0. The van der Waals surface area contributed by atoms with E-state index in [1.165, 1.54) is 6.20 Å². The van der Waals surface area contributed by atoms with Gasteiger partial charge in [0, 0.05) is 24.2 Å². The van der Waals surface area contributed by atoms with Crippen LogP contribution in [-0.2, 0) is 9.47 Å². The van der Waals surface area contributed by atoms with Crippen molar-refractivity contribution in [1.82, 2.24) is 9.97 Å². The highest BCUT2D eigenvalue weighted by molar-refractivity contribution is 5.88. The van der Waals surface area contributed by atoms with Gasteiger partial charge in [0.25, 0.3) is 0 Å². The van der Waals surface area contributed by atoms with Gasteiger partial charge in [-0.25, -0.2) is 14.8 Å². The zero-order valence-corrected chi connectivity index (χ0v) is 14.3. The van der Waals surface area contributed by atoms with E-state index in [1.807, 2.05) is 18.2 Å². The molecule has 1 fully saturated rings. The normalized spacial score (nSPS) is 16.7. The number of carbonyl (C=O) groups excluding carboxylic acids is 1. The predicted molar refractivity (Wildman–Crippen MR) is 93.0 cm³/mol. The van der Waals surface area contributed by atoms with E-state index in [9.17, 15) is 4.79 Å². The monoisotopic (exact) mass is 354 g/mol. The Morgan fingerprint density at radius 2 is 2.23 bits per heavy atom. The molecule has 134 valence electrons. The summed E-state index contributed by atoms with van der Waals surface area (Å²) in [6, 6.07) is 8.87. The van der Waals surface area contributed by atoms with Crippen molar-refractivity contribution in [2.45, 2.75) is 19.4 Å². The molecule has 0 N–H and O–H groups in total. The van der Waals surface area contributed by atoms with Gasteiger partial charge >= 0.3 is 5.97 Å². The lowest BCUT2D eigenvalue weighted by Gasteiger charge is -2.10. The van der Waals surface area contributed by atoms with Crippen molar-refractivity contribution in [2.24, 2.45) is 0 Å². The van der Waals surface area contributed by atoms with E-state index in [0.29, 0.717) is 35.8 Å². The van der Waals surface area contributed by atoms with E-state index in [1.54, 1.807) is 19.1 Å². The molecule has 0 saturated carbocycles. The van der Waals surface area contributed by atoms with Gasteiger partial charge in [-0.05, 0) is 31.2 Å². The lowest BCUT2D eigenvalue weighted by Crippen LogP contribution is -2.15. The summed E-state index contributed by atoms with van der Waals surface area (Å²) >= 11 is 0. The van der Waals surface area contributed by atoms with Gasteiger partial charge in [-0.15, -0.1) is 0 Å². The number of hydrogen-bond acceptors (Lipinski definition) is 7. The second-order valence-corrected chi connectivity index (χ2v) is 5.90. The Kier molecular flexibility index (Phi) is 4.53. The average molecular weight is 354 g/mol. The van der Waals surface area contributed by atoms with E-state index >= 15 is 0 Å². The minimum Gasteiger partial charge on any atom is -0.488 e. The first-order valence-electron chi connectivity index (χ1n) is 8.51. The Morgan fingerprint density at radius 3 is 3.04 bits per heavy atom. The molecular formula is C19H18N2O5. The SMILES string of the molecule is CCOC(=O)c1cc(-c2nc3ccc(O[C@H]4CCOC4)cc3o2)ccn1. The zero-order chi connectivity index (χ0) is 17.9. The third-order valence-electron chi connectivity index (χ3n) is 4.04. The van der Waals surface area contributed by atoms with Crippen LogP contribution in [0.15, 0.2) is 40.9 Å². The first-order valence-corrected chi connectivity index (χ1v) is 8.51. The van der Waals surface area contributed by atoms with Crippen LogP contribution in [-0.4, -0.2) is 41.9 Å². The molecule has 26 heavy (non-hydrogen) atoms. The third-order valence-corrected chi connectivity index (χ3v) is 4.04. The summed E-state index contributed by atoms with van der Waals surface area (Å²) < 4.78 is 22.0. The Labute approximate surface area is 149 Å². The number of rotatable bonds is 5. The lowest BCUT2D eigenvalue weighted by molar-refractivity contribution is 0.0519. The van der Waals surface area contributed by atoms with Crippen molar-refractivity contribution in [3.8, 4) is 17.2 Å². The quantitative estimate of drug-likeness (QED) is 0.650. The lowest BCUT2D eigenvalue weighted by atomic mass is 10.2. The summed E-state index contributed by atoms with van der Waals surface area (Å²) in [6.07, 6.45) is 2.49. The van der Waals surface area contributed by atoms with E-state index in [2.05, 4.69) is 9.97 Å². The molecule has 3 heterocycles. The van der Waals surface area contributed by atoms with Gasteiger partial charge in [0.2, 0.25) is 5.89 Å². The molecule has 0 bridgehead atoms. The molecule has 1 atom stereocenters. The van der Waals surface area contributed by atoms with Gasteiger partial charge in [0.1, 0.15) is 23.1 Å². The largest absolute Gasteiger partial charge is 0.488 e. The van der Waals surface area contributed by atoms with Gasteiger partial charge in [-0.1, -0.05) is 0 Å². The van der Waals surface area contributed by atoms with Crippen molar-refractivity contribution in [2.75, 3.05) is 19.8 Å². The fourth-order valence-electron chi connectivity index (χ4n) is 2.78. The van der Waals surface area contributed by atoms with E-state index in [-0.39, 0.29) is 11.8 Å². The van der Waals surface area contributed by atoms with Crippen LogP contribution in [0.1, 0.15) is 23.8 Å². The van der Waals surface area contributed by atoms with Crippen molar-refractivity contribution < 1.29 is 23.4 Å². The summed E-state index contributed by atoms with van der Waals surface area (Å²) in [5.74, 6) is 0.659. The molecule has 1 saturated heterocycles. The van der Waals surface area contributed by atoms with Crippen LogP contribution in [0.4, 0.5) is 0 Å². The molecule has 0 radical (unpaired) electrons. The molecular weight excluding hydrogens is 336 g/mol. The summed E-state index contributed by atoms with van der Waals surface area (Å²) in [4.78, 5) is 20.4. The van der Waals surface area contributed by atoms with Crippen LogP contribution < -0.4 is 4.74 Å². The summed E-state index contributed by atoms with van der Waals surface area (Å²) in [5.41, 5.74) is 2.21. The number of esters is 1. The van der Waals surface area contributed by atoms with Crippen molar-refractivity contribution in [1.29, 1.82) is 0 Å². The Bertz CT molecular complexity index is 931. The van der Waals surface area contributed by atoms with E-state index in [4.69, 9.17) is 18.6 Å². The van der Waals surface area contributed by atoms with Crippen LogP contribution in [0.3, 0.4) is 0 Å². The summed E-state index contributed by atoms with van der Waals surface area (Å²) in [6.45, 7) is 3.37. The number of hydrogen-bond donors (Lipinski definition) is 0. The maximum Gasteiger partial charge on any atom is 0.356 e. The molecule has 0 amide bonds. The molecule has 3 aromatic rings. The van der Waals surface area contributed by atoms with Gasteiger partial charge in [0.05, 0.1) is 19.8 Å². The van der Waals surface area contributed by atoms with E-state index in [0.717, 1.165) is 18.8 Å². The number of pyridine rings is 1. The molecule has 2 aromatic heterocycles. The minimum absolute atomic E-state index is 0.0715. The second kappa shape index (κ2) is 7.13. The molecule has 7 nitrogen and oxygen atoms in total. The second-order valence-electron chi connectivity index (χ2n) is 5.90. The first kappa shape index (κ1) is 16.5. The number of carbonyl (C=O) groups is 1. The Hall–Kier alpha value is -2.93. The van der Waals surface area contributed by atoms with Crippen LogP contribution in [0, 0.1) is 0 Å². The average Bonchev–Trinajstić information content (AvgIpc) is 3.31. The topological polar surface area (TPSA) is 83.7 Å². The molecule has 0 unspecified atom stereocenters. The molecule has 7 heteroatoms. The van der Waals surface area contributed by atoms with Gasteiger partial charge in [0.15, 0.2) is 5.58 Å². The molecule has 0 spiro atoms. The van der Waals surface area contributed by atoms with E-state index < -0.39 is 5.97 Å². The standard InChI is InChI=1S/C19H18N2O5/c1-2-24-19(22)16-9-12(5-7-20-16)18-21-15-4-3-13(10-17(15)26-18)25-14-6-8-23-11-14/h3-5,7,9-10,14H,2,6,8,11H2,1H3/t14-/m0/s1. The third kappa shape index (κ3) is 3.39. The number of benzene rings is 1. The Morgan fingerprint density at radius 1 is 1.31 bits per heavy atom. The van der Waals surface area contributed by atoms with Crippen LogP contribution in [0.25, 0.3) is 22.6 Å². The highest BCUT2D eigenvalue weighted by Gasteiger charge is 2.18. The van der Waals surface area contributed by atoms with Crippen molar-refractivity contribution in [3.63, 3.8) is 0 Å². The van der Waals surface area contributed by atoms with Crippen molar-refractivity contribution >= 4 is 17.1 Å². The Balaban J connectivity index is 1.60. The highest BCUT2D eigenvalue weighted by Crippen LogP contribution is 2.28. The fraction of sp³-hybridized carbons (Fsp3) is 0.316. The molecule has 4 rings (SSSR count). The smallest absolute Gasteiger partial charge is 0.356 e. The first-order chi connectivity index (χ1) is 12.7. The predicted octanol–water partition coefficient (Wildman–Crippen LogP) is 3.23. The number of aromatic nitrogens is 2. The van der Waals surface area contributed by atoms with Crippen molar-refractivity contribution in [3.05, 3.63) is 42.2 Å². The number of oxazole rings is 1. The maximum atomic E-state index is 11.8. The van der Waals surface area contributed by atoms with Gasteiger partial charge < -0.3 is 18.6 Å². The minimum atomic E-state index is -0.472. The number of nitrogens with zero attached hydrogens (tertiary/aromatic N) is 2. The fourth-order valence-corrected chi connectivity index (χ4v) is 2.78. The summed E-state index contributed by atoms with van der Waals surface area (Å²) in [5, 5.41) is 0. The number of fused-ring (bicyclic) bond motifs is 1. The van der Waals surface area contributed by atoms with Crippen LogP contribution in [0.5, 0.6) is 5.75 Å². The van der Waals surface area contributed by atoms with Crippen LogP contribution in [0.2, 0.25) is 0 Å². The van der Waals surface area contributed by atoms with Crippen LogP contribution >= 0.6 is 0 Å². The number of ether oxygens (including phenoxy) is 3. The zero-order valence-electron chi connectivity index (χ0n) is 14.3. The molecule has 1 aliphatic heterocycles.